The van der Waals surface area contributed by atoms with E-state index in [4.69, 9.17) is 4.98 Å². The summed E-state index contributed by atoms with van der Waals surface area (Å²) >= 11 is 0. The molecule has 1 aliphatic rings. The highest BCUT2D eigenvalue weighted by molar-refractivity contribution is 6.04. The summed E-state index contributed by atoms with van der Waals surface area (Å²) in [6.45, 7) is 2.01. The van der Waals surface area contributed by atoms with Gasteiger partial charge in [-0.3, -0.25) is 4.98 Å². The van der Waals surface area contributed by atoms with Crippen LogP contribution in [0.4, 0.5) is 0 Å². The third-order valence-corrected chi connectivity index (χ3v) is 3.88. The van der Waals surface area contributed by atoms with Crippen molar-refractivity contribution in [3.8, 4) is 0 Å². The average Bonchev–Trinajstić information content (AvgIpc) is 2.60. The number of nitrogens with zero attached hydrogens (tertiary/aromatic N) is 1. The molecule has 1 aromatic heterocycles. The zero-order valence-electron chi connectivity index (χ0n) is 11.1. The molecule has 0 saturated heterocycles. The Balaban J connectivity index is 2.36. The van der Waals surface area contributed by atoms with E-state index in [1.165, 1.54) is 0 Å². The second-order valence-electron chi connectivity index (χ2n) is 5.30. The van der Waals surface area contributed by atoms with Gasteiger partial charge in [-0.2, -0.15) is 0 Å². The molecule has 3 rings (SSSR count). The Kier molecular flexibility index (Phi) is 2.97. The minimum absolute atomic E-state index is 0.474. The van der Waals surface area contributed by atoms with Gasteiger partial charge < -0.3 is 5.11 Å². The number of aryl methyl sites for hydroxylation is 2. The molecule has 1 aliphatic carbocycles. The highest BCUT2D eigenvalue weighted by Crippen LogP contribution is 2.29. The monoisotopic (exact) mass is 255 g/mol. The largest absolute Gasteiger partial charge is 0.478 e. The van der Waals surface area contributed by atoms with Crippen molar-refractivity contribution in [1.82, 2.24) is 4.98 Å². The van der Waals surface area contributed by atoms with Crippen molar-refractivity contribution in [2.75, 3.05) is 0 Å². The summed E-state index contributed by atoms with van der Waals surface area (Å²) in [5, 5.41) is 10.3. The SMILES string of the molecule is Cc1ccc2c(C(=O)O)c3c(nc2c1)CCCCC3. The van der Waals surface area contributed by atoms with Gasteiger partial charge in [0.25, 0.3) is 0 Å². The van der Waals surface area contributed by atoms with Crippen molar-refractivity contribution >= 4 is 16.9 Å². The topological polar surface area (TPSA) is 50.2 Å². The molecule has 0 spiro atoms. The minimum Gasteiger partial charge on any atom is -0.478 e. The van der Waals surface area contributed by atoms with Gasteiger partial charge in [-0.05, 0) is 49.8 Å². The van der Waals surface area contributed by atoms with E-state index in [1.807, 2.05) is 25.1 Å². The van der Waals surface area contributed by atoms with Gasteiger partial charge >= 0.3 is 5.97 Å². The second kappa shape index (κ2) is 4.65. The van der Waals surface area contributed by atoms with Gasteiger partial charge in [0, 0.05) is 11.1 Å². The number of carboxylic acid groups (broad SMARTS) is 1. The third kappa shape index (κ3) is 2.09. The lowest BCUT2D eigenvalue weighted by Gasteiger charge is -2.12. The number of fused-ring (bicyclic) bond motifs is 2. The fourth-order valence-electron chi connectivity index (χ4n) is 2.96. The quantitative estimate of drug-likeness (QED) is 0.793. The number of benzene rings is 1. The number of pyridine rings is 1. The molecule has 0 aliphatic heterocycles. The van der Waals surface area contributed by atoms with Crippen LogP contribution < -0.4 is 0 Å². The van der Waals surface area contributed by atoms with Gasteiger partial charge in [-0.1, -0.05) is 18.6 Å². The van der Waals surface area contributed by atoms with Crippen LogP contribution in [0.3, 0.4) is 0 Å². The van der Waals surface area contributed by atoms with E-state index in [1.54, 1.807) is 0 Å². The van der Waals surface area contributed by atoms with Crippen LogP contribution in [-0.2, 0) is 12.8 Å². The first kappa shape index (κ1) is 12.2. The van der Waals surface area contributed by atoms with E-state index >= 15 is 0 Å². The number of hydrogen-bond acceptors (Lipinski definition) is 2. The zero-order valence-corrected chi connectivity index (χ0v) is 11.1. The molecule has 0 radical (unpaired) electrons. The van der Waals surface area contributed by atoms with Crippen LogP contribution in [0.5, 0.6) is 0 Å². The summed E-state index contributed by atoms with van der Waals surface area (Å²) in [6.07, 6.45) is 5.07. The highest BCUT2D eigenvalue weighted by atomic mass is 16.4. The molecular weight excluding hydrogens is 238 g/mol. The van der Waals surface area contributed by atoms with Crippen LogP contribution in [0, 0.1) is 6.92 Å². The van der Waals surface area contributed by atoms with Gasteiger partial charge in [0.2, 0.25) is 0 Å². The number of carboxylic acids is 1. The summed E-state index contributed by atoms with van der Waals surface area (Å²) in [5.41, 5.74) is 4.36. The van der Waals surface area contributed by atoms with Gasteiger partial charge in [-0.15, -0.1) is 0 Å². The van der Waals surface area contributed by atoms with E-state index < -0.39 is 5.97 Å². The number of aromatic nitrogens is 1. The lowest BCUT2D eigenvalue weighted by atomic mass is 9.96. The summed E-state index contributed by atoms with van der Waals surface area (Å²) in [6, 6.07) is 5.83. The Hall–Kier alpha value is -1.90. The molecule has 0 saturated carbocycles. The van der Waals surface area contributed by atoms with Crippen LogP contribution in [-0.4, -0.2) is 16.1 Å². The molecule has 1 N–H and O–H groups in total. The lowest BCUT2D eigenvalue weighted by molar-refractivity contribution is 0.0697. The van der Waals surface area contributed by atoms with E-state index in [0.29, 0.717) is 5.56 Å². The molecule has 2 aromatic rings. The maximum atomic E-state index is 11.7. The molecule has 3 nitrogen and oxygen atoms in total. The lowest BCUT2D eigenvalue weighted by Crippen LogP contribution is -2.08. The van der Waals surface area contributed by atoms with Crippen LogP contribution in [0.15, 0.2) is 18.2 Å². The first-order valence-electron chi connectivity index (χ1n) is 6.82. The molecule has 0 bridgehead atoms. The average molecular weight is 255 g/mol. The standard InChI is InChI=1S/C16H17NO2/c1-10-7-8-12-14(9-10)17-13-6-4-2-3-5-11(13)15(12)16(18)19/h7-9H,2-6H2,1H3,(H,18,19). The molecule has 1 heterocycles. The summed E-state index contributed by atoms with van der Waals surface area (Å²) in [5.74, 6) is -0.825. The zero-order chi connectivity index (χ0) is 13.4. The minimum atomic E-state index is -0.825. The fraction of sp³-hybridized carbons (Fsp3) is 0.375. The molecule has 0 fully saturated rings. The Labute approximate surface area is 112 Å². The van der Waals surface area contributed by atoms with Gasteiger partial charge in [-0.25, -0.2) is 4.79 Å². The molecule has 3 heteroatoms. The predicted octanol–water partition coefficient (Wildman–Crippen LogP) is 3.51. The van der Waals surface area contributed by atoms with Crippen molar-refractivity contribution in [3.63, 3.8) is 0 Å². The maximum Gasteiger partial charge on any atom is 0.336 e. The smallest absolute Gasteiger partial charge is 0.336 e. The Morgan fingerprint density at radius 3 is 2.79 bits per heavy atom. The maximum absolute atomic E-state index is 11.7. The Morgan fingerprint density at radius 2 is 2.00 bits per heavy atom. The number of carbonyl (C=O) groups is 1. The molecule has 0 unspecified atom stereocenters. The Bertz CT molecular complexity index is 661. The molecule has 1 aromatic carbocycles. The number of rotatable bonds is 1. The predicted molar refractivity (Wildman–Crippen MR) is 74.7 cm³/mol. The van der Waals surface area contributed by atoms with Gasteiger partial charge in [0.05, 0.1) is 11.1 Å². The number of aromatic carboxylic acids is 1. The Morgan fingerprint density at radius 1 is 1.21 bits per heavy atom. The molecule has 19 heavy (non-hydrogen) atoms. The van der Waals surface area contributed by atoms with Gasteiger partial charge in [0.1, 0.15) is 0 Å². The van der Waals surface area contributed by atoms with Crippen molar-refractivity contribution in [3.05, 3.63) is 40.6 Å². The summed E-state index contributed by atoms with van der Waals surface area (Å²) < 4.78 is 0. The van der Waals surface area contributed by atoms with Crippen LogP contribution in [0.2, 0.25) is 0 Å². The van der Waals surface area contributed by atoms with Crippen molar-refractivity contribution in [2.24, 2.45) is 0 Å². The van der Waals surface area contributed by atoms with E-state index in [9.17, 15) is 9.90 Å². The second-order valence-corrected chi connectivity index (χ2v) is 5.30. The summed E-state index contributed by atoms with van der Waals surface area (Å²) in [4.78, 5) is 16.4. The van der Waals surface area contributed by atoms with Crippen LogP contribution in [0.1, 0.15) is 46.4 Å². The van der Waals surface area contributed by atoms with Crippen molar-refractivity contribution in [2.45, 2.75) is 39.0 Å². The summed E-state index contributed by atoms with van der Waals surface area (Å²) in [7, 11) is 0. The first-order chi connectivity index (χ1) is 9.16. The van der Waals surface area contributed by atoms with Crippen molar-refractivity contribution in [1.29, 1.82) is 0 Å². The first-order valence-corrected chi connectivity index (χ1v) is 6.82. The normalized spacial score (nSPS) is 15.0. The van der Waals surface area contributed by atoms with Gasteiger partial charge in [0.15, 0.2) is 0 Å². The third-order valence-electron chi connectivity index (χ3n) is 3.88. The molecule has 0 amide bonds. The molecular formula is C16H17NO2. The molecule has 0 atom stereocenters. The number of hydrogen-bond donors (Lipinski definition) is 1. The van der Waals surface area contributed by atoms with E-state index in [0.717, 1.165) is 59.8 Å². The fourth-order valence-corrected chi connectivity index (χ4v) is 2.96. The van der Waals surface area contributed by atoms with E-state index in [2.05, 4.69) is 0 Å². The molecule has 98 valence electrons. The highest BCUT2D eigenvalue weighted by Gasteiger charge is 2.21. The van der Waals surface area contributed by atoms with E-state index in [-0.39, 0.29) is 0 Å². The van der Waals surface area contributed by atoms with Crippen LogP contribution in [0.25, 0.3) is 10.9 Å². The van der Waals surface area contributed by atoms with Crippen molar-refractivity contribution < 1.29 is 9.90 Å². The van der Waals surface area contributed by atoms with Crippen LogP contribution >= 0.6 is 0 Å².